The molecule has 178 valence electrons. The summed E-state index contributed by atoms with van der Waals surface area (Å²) in [5.41, 5.74) is -2.74. The normalized spacial score (nSPS) is 19.0. The third-order valence-corrected chi connectivity index (χ3v) is 5.57. The van der Waals surface area contributed by atoms with Crippen molar-refractivity contribution in [2.75, 3.05) is 6.54 Å². The zero-order valence-electron chi connectivity index (χ0n) is 20.2. The third-order valence-electron chi connectivity index (χ3n) is 5.57. The van der Waals surface area contributed by atoms with Crippen molar-refractivity contribution in [1.82, 2.24) is 10.2 Å². The van der Waals surface area contributed by atoms with Gasteiger partial charge in [0.15, 0.2) is 0 Å². The number of aliphatic carboxylic acids is 1. The van der Waals surface area contributed by atoms with Gasteiger partial charge in [0.05, 0.1) is 5.41 Å². The van der Waals surface area contributed by atoms with E-state index in [2.05, 4.69) is 5.32 Å². The highest BCUT2D eigenvalue weighted by atomic mass is 16.6. The van der Waals surface area contributed by atoms with Crippen molar-refractivity contribution in [3.05, 3.63) is 35.9 Å². The minimum atomic E-state index is -1.27. The second kappa shape index (κ2) is 9.00. The molecule has 0 bridgehead atoms. The monoisotopic (exact) mass is 448 g/mol. The molecule has 0 radical (unpaired) electrons. The van der Waals surface area contributed by atoms with Gasteiger partial charge < -0.3 is 19.9 Å². The second-order valence-corrected chi connectivity index (χ2v) is 10.8. The smallest absolute Gasteiger partial charge is 0.411 e. The molecule has 1 aromatic rings. The summed E-state index contributed by atoms with van der Waals surface area (Å²) in [5.74, 6) is -1.02. The summed E-state index contributed by atoms with van der Waals surface area (Å²) in [4.78, 5) is 39.3. The van der Waals surface area contributed by atoms with Crippen LogP contribution in [-0.4, -0.2) is 51.4 Å². The lowest BCUT2D eigenvalue weighted by atomic mass is 9.64. The molecule has 0 atom stereocenters. The van der Waals surface area contributed by atoms with Gasteiger partial charge in [0.1, 0.15) is 12.2 Å². The first-order chi connectivity index (χ1) is 14.6. The molecule has 0 aromatic heterocycles. The Morgan fingerprint density at radius 3 is 2.03 bits per heavy atom. The van der Waals surface area contributed by atoms with Crippen molar-refractivity contribution in [3.8, 4) is 0 Å². The topological polar surface area (TPSA) is 105 Å². The Morgan fingerprint density at radius 1 is 1.03 bits per heavy atom. The third kappa shape index (κ3) is 6.14. The number of ether oxygens (including phenoxy) is 2. The van der Waals surface area contributed by atoms with Crippen LogP contribution in [0, 0.1) is 5.41 Å². The number of likely N-dealkylation sites (tertiary alicyclic amines) is 1. The van der Waals surface area contributed by atoms with Gasteiger partial charge >= 0.3 is 18.2 Å². The van der Waals surface area contributed by atoms with Gasteiger partial charge in [-0.15, -0.1) is 0 Å². The van der Waals surface area contributed by atoms with Crippen LogP contribution in [0.4, 0.5) is 9.59 Å². The maximum absolute atomic E-state index is 13.0. The van der Waals surface area contributed by atoms with Gasteiger partial charge in [-0.2, -0.15) is 0 Å². The molecular formula is C24H36N2O6. The number of amides is 2. The number of piperidine rings is 1. The zero-order valence-corrected chi connectivity index (χ0v) is 20.2. The number of benzene rings is 1. The largest absolute Gasteiger partial charge is 0.481 e. The highest BCUT2D eigenvalue weighted by Crippen LogP contribution is 2.48. The van der Waals surface area contributed by atoms with Gasteiger partial charge in [-0.05, 0) is 66.9 Å². The van der Waals surface area contributed by atoms with Crippen molar-refractivity contribution in [3.63, 3.8) is 0 Å². The van der Waals surface area contributed by atoms with E-state index in [1.165, 1.54) is 0 Å². The van der Waals surface area contributed by atoms with Crippen molar-refractivity contribution >= 4 is 18.2 Å². The lowest BCUT2D eigenvalue weighted by Gasteiger charge is -2.57. The van der Waals surface area contributed by atoms with Crippen molar-refractivity contribution < 1.29 is 29.0 Å². The first-order valence-electron chi connectivity index (χ1n) is 10.8. The van der Waals surface area contributed by atoms with E-state index >= 15 is 0 Å². The average molecular weight is 449 g/mol. The van der Waals surface area contributed by atoms with E-state index in [1.54, 1.807) is 25.7 Å². The lowest BCUT2D eigenvalue weighted by Crippen LogP contribution is -2.68. The van der Waals surface area contributed by atoms with E-state index in [1.807, 2.05) is 58.0 Å². The summed E-state index contributed by atoms with van der Waals surface area (Å²) in [6.07, 6.45) is -0.866. The number of carbonyl (C=O) groups is 3. The Balaban J connectivity index is 2.15. The van der Waals surface area contributed by atoms with Crippen molar-refractivity contribution in [1.29, 1.82) is 0 Å². The number of carboxylic acids is 1. The Morgan fingerprint density at radius 2 is 1.56 bits per heavy atom. The highest BCUT2D eigenvalue weighted by Gasteiger charge is 2.58. The molecule has 1 heterocycles. The summed E-state index contributed by atoms with van der Waals surface area (Å²) >= 11 is 0. The predicted molar refractivity (Wildman–Crippen MR) is 120 cm³/mol. The summed E-state index contributed by atoms with van der Waals surface area (Å²) < 4.78 is 10.8. The molecule has 2 amide bonds. The highest BCUT2D eigenvalue weighted by molar-refractivity contribution is 5.78. The molecule has 0 aliphatic carbocycles. The van der Waals surface area contributed by atoms with E-state index in [4.69, 9.17) is 9.47 Å². The van der Waals surface area contributed by atoms with Crippen molar-refractivity contribution in [2.45, 2.75) is 84.6 Å². The minimum Gasteiger partial charge on any atom is -0.481 e. The van der Waals surface area contributed by atoms with Gasteiger partial charge in [-0.25, -0.2) is 9.59 Å². The van der Waals surface area contributed by atoms with Gasteiger partial charge in [-0.3, -0.25) is 9.69 Å². The van der Waals surface area contributed by atoms with E-state index in [9.17, 15) is 19.5 Å². The molecule has 2 rings (SSSR count). The number of alkyl carbamates (subject to hydrolysis) is 1. The Bertz CT molecular complexity index is 824. The standard InChI is InChI=1S/C24H36N2O6/c1-21(2,3)32-20(30)26-22(4,5)14-24(18(27)28,15-23(26,6)7)16-25-19(29)31-13-17-11-9-8-10-12-17/h8-12H,13-16H2,1-7H3,(H,25,29)(H,27,28). The molecule has 1 aliphatic heterocycles. The fourth-order valence-electron chi connectivity index (χ4n) is 4.87. The summed E-state index contributed by atoms with van der Waals surface area (Å²) in [5, 5.41) is 12.8. The number of carboxylic acid groups (broad SMARTS) is 1. The van der Waals surface area contributed by atoms with Gasteiger partial charge in [-0.1, -0.05) is 30.3 Å². The molecule has 1 aliphatic rings. The molecule has 0 saturated carbocycles. The number of hydrogen-bond donors (Lipinski definition) is 2. The fourth-order valence-corrected chi connectivity index (χ4v) is 4.87. The molecule has 1 aromatic carbocycles. The number of carbonyl (C=O) groups excluding carboxylic acids is 2. The van der Waals surface area contributed by atoms with E-state index in [-0.39, 0.29) is 26.0 Å². The molecule has 0 spiro atoms. The average Bonchev–Trinajstić information content (AvgIpc) is 2.61. The zero-order chi connectivity index (χ0) is 24.4. The molecule has 32 heavy (non-hydrogen) atoms. The molecular weight excluding hydrogens is 412 g/mol. The predicted octanol–water partition coefficient (Wildman–Crippen LogP) is 4.57. The van der Waals surface area contributed by atoms with Crippen LogP contribution in [0.2, 0.25) is 0 Å². The van der Waals surface area contributed by atoms with E-state index in [0.717, 1.165) is 5.56 Å². The molecule has 0 unspecified atom stereocenters. The maximum atomic E-state index is 13.0. The second-order valence-electron chi connectivity index (χ2n) is 10.8. The van der Waals surface area contributed by atoms with Crippen LogP contribution in [0.3, 0.4) is 0 Å². The number of rotatable bonds is 5. The van der Waals surface area contributed by atoms with Crippen LogP contribution in [0.1, 0.15) is 66.9 Å². The van der Waals surface area contributed by atoms with Crippen LogP contribution in [-0.2, 0) is 20.9 Å². The van der Waals surface area contributed by atoms with E-state index in [0.29, 0.717) is 0 Å². The van der Waals surface area contributed by atoms with Crippen LogP contribution in [0.15, 0.2) is 30.3 Å². The first-order valence-corrected chi connectivity index (χ1v) is 10.8. The molecule has 2 N–H and O–H groups in total. The number of hydrogen-bond acceptors (Lipinski definition) is 5. The minimum absolute atomic E-state index is 0.0934. The maximum Gasteiger partial charge on any atom is 0.411 e. The van der Waals surface area contributed by atoms with Crippen LogP contribution in [0.5, 0.6) is 0 Å². The van der Waals surface area contributed by atoms with E-state index < -0.39 is 40.2 Å². The van der Waals surface area contributed by atoms with Gasteiger partial charge in [0.25, 0.3) is 0 Å². The summed E-state index contributed by atoms with van der Waals surface area (Å²) in [7, 11) is 0. The fraction of sp³-hybridized carbons (Fsp3) is 0.625. The van der Waals surface area contributed by atoms with Crippen LogP contribution in [0.25, 0.3) is 0 Å². The van der Waals surface area contributed by atoms with Crippen LogP contribution < -0.4 is 5.32 Å². The Hall–Kier alpha value is -2.77. The first kappa shape index (κ1) is 25.5. The quantitative estimate of drug-likeness (QED) is 0.683. The van der Waals surface area contributed by atoms with Gasteiger partial charge in [0, 0.05) is 17.6 Å². The van der Waals surface area contributed by atoms with Crippen LogP contribution >= 0.6 is 0 Å². The molecule has 8 nitrogen and oxygen atoms in total. The molecule has 1 saturated heterocycles. The summed E-state index contributed by atoms with van der Waals surface area (Å²) in [6.45, 7) is 12.7. The summed E-state index contributed by atoms with van der Waals surface area (Å²) in [6, 6.07) is 9.23. The van der Waals surface area contributed by atoms with Crippen molar-refractivity contribution in [2.24, 2.45) is 5.41 Å². The van der Waals surface area contributed by atoms with Gasteiger partial charge in [0.2, 0.25) is 0 Å². The lowest BCUT2D eigenvalue weighted by molar-refractivity contribution is -0.163. The molecule has 1 fully saturated rings. The number of nitrogens with zero attached hydrogens (tertiary/aromatic N) is 1. The number of nitrogens with one attached hydrogen (secondary N) is 1. The Kier molecular flexibility index (Phi) is 7.17. The molecule has 8 heteroatoms. The Labute approximate surface area is 190 Å². The SMILES string of the molecule is CC(C)(C)OC(=O)N1C(C)(C)CC(CNC(=O)OCc2ccccc2)(C(=O)O)CC1(C)C.